The Hall–Kier alpha value is -4.33. The third-order valence-electron chi connectivity index (χ3n) is 5.10. The Morgan fingerprint density at radius 3 is 2.58 bits per heavy atom. The number of aromatic nitrogens is 2. The van der Waals surface area contributed by atoms with E-state index in [1.54, 1.807) is 18.2 Å². The van der Waals surface area contributed by atoms with E-state index in [0.29, 0.717) is 11.3 Å². The molecular weight excluding hydrogens is 406 g/mol. The van der Waals surface area contributed by atoms with Crippen LogP contribution >= 0.6 is 0 Å². The van der Waals surface area contributed by atoms with E-state index >= 15 is 0 Å². The van der Waals surface area contributed by atoms with Crippen LogP contribution in [0.4, 0.5) is 4.79 Å². The number of ether oxygens (including phenoxy) is 1. The van der Waals surface area contributed by atoms with Crippen molar-refractivity contribution in [2.75, 3.05) is 13.7 Å². The smallest absolute Gasteiger partial charge is 0.325 e. The Morgan fingerprint density at radius 2 is 1.94 bits per heavy atom. The normalized spacial score (nSPS) is 19.4. The summed E-state index contributed by atoms with van der Waals surface area (Å²) in [4.78, 5) is 66.7. The zero-order chi connectivity index (χ0) is 22.3. The van der Waals surface area contributed by atoms with Gasteiger partial charge in [0.15, 0.2) is 0 Å². The van der Waals surface area contributed by atoms with Gasteiger partial charge in [-0.15, -0.1) is 0 Å². The molecule has 11 nitrogen and oxygen atoms in total. The van der Waals surface area contributed by atoms with Crippen LogP contribution in [0.5, 0.6) is 5.75 Å². The maximum absolute atomic E-state index is 12.9. The van der Waals surface area contributed by atoms with Crippen molar-refractivity contribution in [1.29, 1.82) is 0 Å². The summed E-state index contributed by atoms with van der Waals surface area (Å²) >= 11 is 0. The number of methoxy groups -OCH3 is 1. The minimum Gasteiger partial charge on any atom is -0.497 e. The molecule has 1 saturated heterocycles. The number of carbonyl (C=O) groups excluding carboxylic acids is 3. The molecule has 4 rings (SSSR count). The highest BCUT2D eigenvalue weighted by Crippen LogP contribution is 2.28. The highest BCUT2D eigenvalue weighted by Gasteiger charge is 2.48. The zero-order valence-electron chi connectivity index (χ0n) is 16.5. The van der Waals surface area contributed by atoms with Gasteiger partial charge in [-0.2, -0.15) is 0 Å². The van der Waals surface area contributed by atoms with Gasteiger partial charge < -0.3 is 19.9 Å². The number of hydrogen-bond donors (Lipinski definition) is 4. The van der Waals surface area contributed by atoms with Crippen LogP contribution in [-0.4, -0.2) is 51.9 Å². The average molecular weight is 423 g/mol. The standard InChI is InChI=1S/C20H17N5O6/c1-10-13(15(26)22-18(29)21-10)5-6-20(17(28)23-19(30)24-20)9-25-8-11-3-4-12(31-2)7-14(11)16(25)27/h3-4,7H,8-9H2,1-2H3,(H2,21,22,26,29)(H2,23,24,28,30)/t20-/m1/s1. The van der Waals surface area contributed by atoms with Crippen molar-refractivity contribution in [2.24, 2.45) is 0 Å². The quantitative estimate of drug-likeness (QED) is 0.366. The molecule has 3 heterocycles. The predicted octanol–water partition coefficient (Wildman–Crippen LogP) is -1.03. The lowest BCUT2D eigenvalue weighted by atomic mass is 9.99. The average Bonchev–Trinajstić information content (AvgIpc) is 3.16. The third-order valence-corrected chi connectivity index (χ3v) is 5.10. The molecule has 4 amide bonds. The van der Waals surface area contributed by atoms with E-state index in [4.69, 9.17) is 4.74 Å². The Kier molecular flexibility index (Phi) is 4.62. The van der Waals surface area contributed by atoms with Crippen molar-refractivity contribution in [3.05, 3.63) is 61.4 Å². The lowest BCUT2D eigenvalue weighted by Gasteiger charge is -2.26. The number of urea groups is 1. The molecule has 158 valence electrons. The molecule has 1 atom stereocenters. The first-order valence-corrected chi connectivity index (χ1v) is 9.18. The maximum atomic E-state index is 12.9. The van der Waals surface area contributed by atoms with E-state index in [-0.39, 0.29) is 30.3 Å². The summed E-state index contributed by atoms with van der Waals surface area (Å²) in [6.07, 6.45) is 0. The molecule has 0 bridgehead atoms. The van der Waals surface area contributed by atoms with Crippen LogP contribution in [0.3, 0.4) is 0 Å². The number of nitrogens with one attached hydrogen (secondary N) is 4. The summed E-state index contributed by atoms with van der Waals surface area (Å²) in [5, 5.41) is 4.58. The number of benzene rings is 1. The van der Waals surface area contributed by atoms with Gasteiger partial charge in [0, 0.05) is 17.8 Å². The zero-order valence-corrected chi connectivity index (χ0v) is 16.5. The Balaban J connectivity index is 1.71. The van der Waals surface area contributed by atoms with Crippen molar-refractivity contribution >= 4 is 17.8 Å². The van der Waals surface area contributed by atoms with Crippen LogP contribution in [0, 0.1) is 18.8 Å². The molecular formula is C20H17N5O6. The Labute approximate surface area is 174 Å². The second-order valence-corrected chi connectivity index (χ2v) is 7.16. The molecule has 4 N–H and O–H groups in total. The molecule has 2 aliphatic heterocycles. The van der Waals surface area contributed by atoms with Gasteiger partial charge in [0.2, 0.25) is 5.54 Å². The minimum atomic E-state index is -1.77. The number of nitrogens with zero attached hydrogens (tertiary/aromatic N) is 1. The van der Waals surface area contributed by atoms with E-state index in [0.717, 1.165) is 5.56 Å². The summed E-state index contributed by atoms with van der Waals surface area (Å²) in [5.41, 5.74) is -1.87. The van der Waals surface area contributed by atoms with Crippen LogP contribution in [0.2, 0.25) is 0 Å². The van der Waals surface area contributed by atoms with Crippen LogP contribution in [0.1, 0.15) is 27.2 Å². The van der Waals surface area contributed by atoms with E-state index in [1.807, 2.05) is 0 Å². The van der Waals surface area contributed by atoms with Gasteiger partial charge in [0.25, 0.3) is 17.4 Å². The monoisotopic (exact) mass is 423 g/mol. The van der Waals surface area contributed by atoms with Crippen LogP contribution in [0.25, 0.3) is 0 Å². The molecule has 0 unspecified atom stereocenters. The molecule has 0 saturated carbocycles. The van der Waals surface area contributed by atoms with Gasteiger partial charge in [-0.05, 0) is 24.6 Å². The van der Waals surface area contributed by atoms with E-state index in [2.05, 4.69) is 32.4 Å². The van der Waals surface area contributed by atoms with Crippen molar-refractivity contribution in [3.8, 4) is 17.6 Å². The first kappa shape index (κ1) is 20.0. The minimum absolute atomic E-state index is 0.0614. The molecule has 0 radical (unpaired) electrons. The third kappa shape index (κ3) is 3.44. The van der Waals surface area contributed by atoms with Crippen molar-refractivity contribution in [1.82, 2.24) is 25.5 Å². The van der Waals surface area contributed by atoms with Crippen LogP contribution in [-0.2, 0) is 11.3 Å². The Morgan fingerprint density at radius 1 is 1.16 bits per heavy atom. The van der Waals surface area contributed by atoms with E-state index < -0.39 is 28.7 Å². The predicted molar refractivity (Wildman–Crippen MR) is 106 cm³/mol. The van der Waals surface area contributed by atoms with Crippen molar-refractivity contribution < 1.29 is 19.1 Å². The van der Waals surface area contributed by atoms with Gasteiger partial charge in [0.05, 0.1) is 13.7 Å². The number of rotatable bonds is 3. The molecule has 11 heteroatoms. The van der Waals surface area contributed by atoms with Crippen LogP contribution in [0.15, 0.2) is 27.8 Å². The van der Waals surface area contributed by atoms with Gasteiger partial charge >= 0.3 is 11.7 Å². The summed E-state index contributed by atoms with van der Waals surface area (Å²) in [6, 6.07) is 4.31. The number of H-pyrrole nitrogens is 2. The molecule has 2 aliphatic rings. The number of hydrogen-bond acceptors (Lipinski definition) is 6. The van der Waals surface area contributed by atoms with Crippen LogP contribution < -0.4 is 26.6 Å². The number of carbonyl (C=O) groups is 3. The summed E-state index contributed by atoms with van der Waals surface area (Å²) < 4.78 is 5.15. The lowest BCUT2D eigenvalue weighted by Crippen LogP contribution is -2.54. The highest BCUT2D eigenvalue weighted by molar-refractivity contribution is 6.10. The summed E-state index contributed by atoms with van der Waals surface area (Å²) in [7, 11) is 1.49. The molecule has 1 aromatic heterocycles. The molecule has 0 aliphatic carbocycles. The first-order chi connectivity index (χ1) is 14.7. The maximum Gasteiger partial charge on any atom is 0.325 e. The first-order valence-electron chi connectivity index (χ1n) is 9.18. The van der Waals surface area contributed by atoms with Crippen molar-refractivity contribution in [2.45, 2.75) is 19.0 Å². The summed E-state index contributed by atoms with van der Waals surface area (Å²) in [5.74, 6) is 4.63. The lowest BCUT2D eigenvalue weighted by molar-refractivity contribution is -0.122. The number of amides is 4. The molecule has 0 spiro atoms. The largest absolute Gasteiger partial charge is 0.497 e. The number of fused-ring (bicyclic) bond motifs is 1. The second-order valence-electron chi connectivity index (χ2n) is 7.16. The van der Waals surface area contributed by atoms with Gasteiger partial charge in [-0.3, -0.25) is 24.7 Å². The number of aromatic amines is 2. The molecule has 1 aromatic carbocycles. The molecule has 31 heavy (non-hydrogen) atoms. The van der Waals surface area contributed by atoms with Gasteiger partial charge in [0.1, 0.15) is 11.3 Å². The van der Waals surface area contributed by atoms with E-state index in [9.17, 15) is 24.0 Å². The number of aryl methyl sites for hydroxylation is 1. The summed E-state index contributed by atoms with van der Waals surface area (Å²) in [6.45, 7) is 1.45. The highest BCUT2D eigenvalue weighted by atomic mass is 16.5. The molecule has 1 fully saturated rings. The topological polar surface area (TPSA) is 153 Å². The molecule has 2 aromatic rings. The van der Waals surface area contributed by atoms with Gasteiger partial charge in [-0.25, -0.2) is 9.59 Å². The number of imide groups is 1. The fourth-order valence-electron chi connectivity index (χ4n) is 3.53. The van der Waals surface area contributed by atoms with E-state index in [1.165, 1.54) is 18.9 Å². The van der Waals surface area contributed by atoms with Gasteiger partial charge in [-0.1, -0.05) is 17.9 Å². The SMILES string of the molecule is COc1ccc2c(c1)C(=O)N(C[C@@]1(C#Cc3c(C)[nH]c(=O)[nH]c3=O)NC(=O)NC1=O)C2. The fourth-order valence-corrected chi connectivity index (χ4v) is 3.53. The second kappa shape index (κ2) is 7.17. The fraction of sp³-hybridized carbons (Fsp3) is 0.250. The Bertz CT molecular complexity index is 1310. The van der Waals surface area contributed by atoms with Crippen molar-refractivity contribution in [3.63, 3.8) is 0 Å².